The van der Waals surface area contributed by atoms with Crippen molar-refractivity contribution in [1.29, 1.82) is 0 Å². The molecule has 2 bridgehead atoms. The highest BCUT2D eigenvalue weighted by atomic mass is 16.3. The van der Waals surface area contributed by atoms with Crippen LogP contribution in [0.3, 0.4) is 0 Å². The fourth-order valence-electron chi connectivity index (χ4n) is 5.02. The maximum atomic E-state index is 10.6. The minimum Gasteiger partial charge on any atom is -0.507 e. The van der Waals surface area contributed by atoms with Gasteiger partial charge < -0.3 is 10.4 Å². The fourth-order valence-corrected chi connectivity index (χ4v) is 5.02. The summed E-state index contributed by atoms with van der Waals surface area (Å²) in [5.41, 5.74) is 3.98. The average Bonchev–Trinajstić information content (AvgIpc) is 3.45. The van der Waals surface area contributed by atoms with Gasteiger partial charge in [-0.1, -0.05) is 6.07 Å². The topological polar surface area (TPSA) is 93.7 Å². The third-order valence-corrected chi connectivity index (χ3v) is 6.47. The van der Waals surface area contributed by atoms with E-state index in [2.05, 4.69) is 25.7 Å². The summed E-state index contributed by atoms with van der Waals surface area (Å²) >= 11 is 0. The molecule has 0 radical (unpaired) electrons. The molecule has 8 nitrogen and oxygen atoms in total. The molecule has 1 unspecified atom stereocenters. The van der Waals surface area contributed by atoms with Gasteiger partial charge in [0.05, 0.1) is 24.1 Å². The minimum absolute atomic E-state index is 0.173. The Morgan fingerprint density at radius 3 is 2.77 bits per heavy atom. The second-order valence-corrected chi connectivity index (χ2v) is 8.56. The SMILES string of the molecule is Cn1cc(-c2ccc(-c3cc4cnn([C@@H]5CC6CN[C@@H](C6)C5)c4nn3)c(O)c2)cn1. The number of aromatic hydroxyl groups is 1. The summed E-state index contributed by atoms with van der Waals surface area (Å²) in [4.78, 5) is 0. The minimum atomic E-state index is 0.173. The summed E-state index contributed by atoms with van der Waals surface area (Å²) in [7, 11) is 1.87. The number of hydrogen-bond donors (Lipinski definition) is 2. The van der Waals surface area contributed by atoms with Gasteiger partial charge >= 0.3 is 0 Å². The molecular weight excluding hydrogens is 378 g/mol. The summed E-state index contributed by atoms with van der Waals surface area (Å²) in [6, 6.07) is 8.51. The Balaban J connectivity index is 1.33. The molecule has 2 aliphatic rings. The van der Waals surface area contributed by atoms with Gasteiger partial charge in [0.2, 0.25) is 0 Å². The van der Waals surface area contributed by atoms with Crippen LogP contribution in [0.1, 0.15) is 25.3 Å². The van der Waals surface area contributed by atoms with Crippen LogP contribution >= 0.6 is 0 Å². The highest BCUT2D eigenvalue weighted by molar-refractivity contribution is 5.81. The second-order valence-electron chi connectivity index (χ2n) is 8.56. The van der Waals surface area contributed by atoms with Crippen LogP contribution in [-0.4, -0.2) is 47.5 Å². The summed E-state index contributed by atoms with van der Waals surface area (Å²) < 4.78 is 3.79. The molecular formula is C22H23N7O. The van der Waals surface area contributed by atoms with Crippen molar-refractivity contribution >= 4 is 11.0 Å². The first-order valence-electron chi connectivity index (χ1n) is 10.4. The molecule has 6 rings (SSSR count). The summed E-state index contributed by atoms with van der Waals surface area (Å²) in [6.07, 6.45) is 9.06. The van der Waals surface area contributed by atoms with Gasteiger partial charge in [0.15, 0.2) is 5.65 Å². The number of aryl methyl sites for hydroxylation is 1. The normalized spacial score (nSPS) is 23.3. The molecule has 1 aliphatic carbocycles. The van der Waals surface area contributed by atoms with E-state index < -0.39 is 0 Å². The third kappa shape index (κ3) is 2.87. The van der Waals surface area contributed by atoms with Gasteiger partial charge in [-0.05, 0) is 55.5 Å². The van der Waals surface area contributed by atoms with Crippen molar-refractivity contribution in [2.24, 2.45) is 13.0 Å². The molecule has 1 saturated heterocycles. The zero-order chi connectivity index (χ0) is 20.2. The van der Waals surface area contributed by atoms with Gasteiger partial charge in [-0.15, -0.1) is 10.2 Å². The molecule has 1 aliphatic heterocycles. The molecule has 1 saturated carbocycles. The first kappa shape index (κ1) is 17.6. The largest absolute Gasteiger partial charge is 0.507 e. The van der Waals surface area contributed by atoms with E-state index in [0.29, 0.717) is 23.3 Å². The lowest BCUT2D eigenvalue weighted by atomic mass is 9.87. The van der Waals surface area contributed by atoms with Gasteiger partial charge in [0.1, 0.15) is 5.75 Å². The van der Waals surface area contributed by atoms with Crippen LogP contribution in [0.5, 0.6) is 5.75 Å². The molecule has 4 aromatic rings. The van der Waals surface area contributed by atoms with E-state index in [1.54, 1.807) is 16.9 Å². The highest BCUT2D eigenvalue weighted by Gasteiger charge is 2.35. The summed E-state index contributed by atoms with van der Waals surface area (Å²) in [5, 5.41) is 32.9. The maximum absolute atomic E-state index is 10.6. The zero-order valence-electron chi connectivity index (χ0n) is 16.7. The first-order valence-corrected chi connectivity index (χ1v) is 10.4. The Morgan fingerprint density at radius 1 is 1.03 bits per heavy atom. The Hall–Kier alpha value is -3.26. The van der Waals surface area contributed by atoms with Gasteiger partial charge in [-0.3, -0.25) is 4.68 Å². The van der Waals surface area contributed by atoms with Crippen molar-refractivity contribution in [3.8, 4) is 28.1 Å². The molecule has 1 aromatic carbocycles. The Morgan fingerprint density at radius 2 is 1.97 bits per heavy atom. The molecule has 8 heteroatoms. The van der Waals surface area contributed by atoms with E-state index in [4.69, 9.17) is 0 Å². The van der Waals surface area contributed by atoms with E-state index in [1.165, 1.54) is 6.42 Å². The monoisotopic (exact) mass is 401 g/mol. The summed E-state index contributed by atoms with van der Waals surface area (Å²) in [6.45, 7) is 1.12. The lowest BCUT2D eigenvalue weighted by molar-refractivity contribution is 0.284. The fraction of sp³-hybridized carbons (Fsp3) is 0.364. The molecule has 3 aromatic heterocycles. The number of hydrogen-bond acceptors (Lipinski definition) is 6. The number of phenols is 1. The molecule has 152 valence electrons. The van der Waals surface area contributed by atoms with E-state index in [1.807, 2.05) is 42.3 Å². The van der Waals surface area contributed by atoms with Crippen LogP contribution in [0.15, 0.2) is 42.9 Å². The van der Waals surface area contributed by atoms with Crippen molar-refractivity contribution in [3.05, 3.63) is 42.9 Å². The van der Waals surface area contributed by atoms with Crippen LogP contribution < -0.4 is 5.32 Å². The smallest absolute Gasteiger partial charge is 0.180 e. The average molecular weight is 401 g/mol. The van der Waals surface area contributed by atoms with Crippen molar-refractivity contribution < 1.29 is 5.11 Å². The molecule has 2 fully saturated rings. The Bertz CT molecular complexity index is 1230. The third-order valence-electron chi connectivity index (χ3n) is 6.47. The number of nitrogens with zero attached hydrogens (tertiary/aromatic N) is 6. The van der Waals surface area contributed by atoms with Gasteiger partial charge in [0, 0.05) is 35.8 Å². The van der Waals surface area contributed by atoms with Gasteiger partial charge in [-0.25, -0.2) is 4.68 Å². The van der Waals surface area contributed by atoms with Crippen LogP contribution in [0, 0.1) is 5.92 Å². The Labute approximate surface area is 173 Å². The van der Waals surface area contributed by atoms with Crippen molar-refractivity contribution in [1.82, 2.24) is 35.1 Å². The predicted molar refractivity (Wildman–Crippen MR) is 113 cm³/mol. The molecule has 4 heterocycles. The zero-order valence-corrected chi connectivity index (χ0v) is 16.7. The van der Waals surface area contributed by atoms with Crippen molar-refractivity contribution in [2.45, 2.75) is 31.3 Å². The number of rotatable bonds is 3. The lowest BCUT2D eigenvalue weighted by Gasteiger charge is -2.27. The van der Waals surface area contributed by atoms with Crippen LogP contribution in [-0.2, 0) is 7.05 Å². The number of fused-ring (bicyclic) bond motifs is 3. The predicted octanol–water partition coefficient (Wildman–Crippen LogP) is 2.91. The van der Waals surface area contributed by atoms with Crippen LogP contribution in [0.25, 0.3) is 33.4 Å². The summed E-state index contributed by atoms with van der Waals surface area (Å²) in [5.74, 6) is 0.905. The number of phenolic OH excluding ortho intramolecular Hbond substituents is 1. The molecule has 0 spiro atoms. The standard InChI is InChI=1S/C22H23N7O/c1-28-12-16(11-24-28)14-2-3-19(21(30)7-14)20-6-15-10-25-29(22(15)27-26-20)18-5-13-4-17(8-18)23-9-13/h2-3,6-7,10-13,17-18,23,30H,4-5,8-9H2,1H3/t13?,17-,18+/m0/s1. The van der Waals surface area contributed by atoms with Crippen LogP contribution in [0.2, 0.25) is 0 Å². The van der Waals surface area contributed by atoms with Gasteiger partial charge in [0.25, 0.3) is 0 Å². The van der Waals surface area contributed by atoms with E-state index in [0.717, 1.165) is 47.5 Å². The number of nitrogens with one attached hydrogen (secondary N) is 1. The molecule has 2 N–H and O–H groups in total. The molecule has 0 amide bonds. The lowest BCUT2D eigenvalue weighted by Crippen LogP contribution is -2.27. The Kier molecular flexibility index (Phi) is 3.89. The second kappa shape index (κ2) is 6.63. The quantitative estimate of drug-likeness (QED) is 0.548. The maximum Gasteiger partial charge on any atom is 0.180 e. The first-order chi connectivity index (χ1) is 14.6. The van der Waals surface area contributed by atoms with E-state index >= 15 is 0 Å². The number of aromatic nitrogens is 6. The molecule has 30 heavy (non-hydrogen) atoms. The van der Waals surface area contributed by atoms with Crippen molar-refractivity contribution in [3.63, 3.8) is 0 Å². The number of benzene rings is 1. The molecule has 3 atom stereocenters. The van der Waals surface area contributed by atoms with Gasteiger partial charge in [-0.2, -0.15) is 10.2 Å². The van der Waals surface area contributed by atoms with E-state index in [9.17, 15) is 5.11 Å². The van der Waals surface area contributed by atoms with E-state index in [-0.39, 0.29) is 5.75 Å². The highest BCUT2D eigenvalue weighted by Crippen LogP contribution is 2.38. The van der Waals surface area contributed by atoms with Crippen LogP contribution in [0.4, 0.5) is 0 Å². The van der Waals surface area contributed by atoms with Crippen molar-refractivity contribution in [2.75, 3.05) is 6.54 Å².